The smallest absolute Gasteiger partial charge is 0.231 e. The van der Waals surface area contributed by atoms with E-state index in [1.54, 1.807) is 0 Å². The van der Waals surface area contributed by atoms with Crippen LogP contribution in [0.1, 0.15) is 32.8 Å². The maximum absolute atomic E-state index is 12.5. The fraction of sp³-hybridized carbons (Fsp3) is 0.562. The largest absolute Gasteiger partial charge is 0.356 e. The van der Waals surface area contributed by atoms with Gasteiger partial charge in [0.15, 0.2) is 0 Å². The molecule has 0 bridgehead atoms. The van der Waals surface area contributed by atoms with Gasteiger partial charge in [-0.1, -0.05) is 30.3 Å². The molecular weight excluding hydrogens is 238 g/mol. The second-order valence-corrected chi connectivity index (χ2v) is 6.32. The first-order valence-corrected chi connectivity index (χ1v) is 6.97. The van der Waals surface area contributed by atoms with Gasteiger partial charge in [0, 0.05) is 0 Å². The van der Waals surface area contributed by atoms with Crippen molar-refractivity contribution in [3.63, 3.8) is 0 Å². The predicted octanol–water partition coefficient (Wildman–Crippen LogP) is 2.60. The molecule has 3 rings (SSSR count). The molecule has 102 valence electrons. The average molecular weight is 259 g/mol. The number of carbonyl (C=O) groups excluding carboxylic acids is 1. The van der Waals surface area contributed by atoms with Gasteiger partial charge in [-0.3, -0.25) is 4.79 Å². The number of hydrogen-bond acceptors (Lipinski definition) is 2. The van der Waals surface area contributed by atoms with Crippen molar-refractivity contribution in [3.05, 3.63) is 35.9 Å². The molecular formula is C16H21NO2. The number of rotatable bonds is 2. The molecule has 0 saturated carbocycles. The summed E-state index contributed by atoms with van der Waals surface area (Å²) in [6.45, 7) is 6.91. The lowest BCUT2D eigenvalue weighted by Gasteiger charge is -2.64. The zero-order chi connectivity index (χ0) is 13.7. The lowest BCUT2D eigenvalue weighted by molar-refractivity contribution is -0.259. The molecule has 2 fully saturated rings. The molecule has 2 heterocycles. The van der Waals surface area contributed by atoms with Crippen LogP contribution in [0.5, 0.6) is 0 Å². The van der Waals surface area contributed by atoms with Crippen molar-refractivity contribution in [1.29, 1.82) is 0 Å². The van der Waals surface area contributed by atoms with Crippen LogP contribution in [0.15, 0.2) is 30.3 Å². The van der Waals surface area contributed by atoms with E-state index in [0.717, 1.165) is 19.4 Å². The molecule has 3 heteroatoms. The number of nitrogens with zero attached hydrogens (tertiary/aromatic N) is 1. The maximum atomic E-state index is 12.5. The van der Waals surface area contributed by atoms with Gasteiger partial charge in [0.25, 0.3) is 0 Å². The number of ether oxygens (including phenoxy) is 1. The third-order valence-corrected chi connectivity index (χ3v) is 4.66. The Kier molecular flexibility index (Phi) is 2.72. The van der Waals surface area contributed by atoms with Gasteiger partial charge < -0.3 is 9.64 Å². The van der Waals surface area contributed by atoms with Gasteiger partial charge in [0.1, 0.15) is 5.72 Å². The van der Waals surface area contributed by atoms with E-state index in [1.165, 1.54) is 5.56 Å². The van der Waals surface area contributed by atoms with Crippen LogP contribution in [0.3, 0.4) is 0 Å². The molecule has 2 unspecified atom stereocenters. The van der Waals surface area contributed by atoms with Crippen molar-refractivity contribution in [3.8, 4) is 0 Å². The standard InChI is InChI=1S/C16H21NO2/c1-15(2)17-14(18)13(16(17,3)9-10-19-15)11-12-7-5-4-6-8-12/h4-8,13H,9-11H2,1-3H3. The van der Waals surface area contributed by atoms with E-state index in [4.69, 9.17) is 4.74 Å². The van der Waals surface area contributed by atoms with Crippen molar-refractivity contribution in [2.75, 3.05) is 6.61 Å². The van der Waals surface area contributed by atoms with E-state index >= 15 is 0 Å². The fourth-order valence-corrected chi connectivity index (χ4v) is 3.66. The number of fused-ring (bicyclic) bond motifs is 1. The highest BCUT2D eigenvalue weighted by Crippen LogP contribution is 2.49. The van der Waals surface area contributed by atoms with Crippen LogP contribution >= 0.6 is 0 Å². The normalized spacial score (nSPS) is 32.7. The molecule has 19 heavy (non-hydrogen) atoms. The summed E-state index contributed by atoms with van der Waals surface area (Å²) in [4.78, 5) is 14.4. The van der Waals surface area contributed by atoms with Crippen molar-refractivity contribution in [2.45, 2.75) is 44.9 Å². The topological polar surface area (TPSA) is 29.5 Å². The first kappa shape index (κ1) is 12.7. The summed E-state index contributed by atoms with van der Waals surface area (Å²) in [6, 6.07) is 10.3. The van der Waals surface area contributed by atoms with E-state index in [0.29, 0.717) is 0 Å². The first-order chi connectivity index (χ1) is 8.95. The molecule has 1 amide bonds. The Labute approximate surface area is 114 Å². The maximum Gasteiger partial charge on any atom is 0.231 e. The van der Waals surface area contributed by atoms with Crippen molar-refractivity contribution in [1.82, 2.24) is 4.90 Å². The highest BCUT2D eigenvalue weighted by Gasteiger charge is 2.62. The average Bonchev–Trinajstić information content (AvgIpc) is 2.36. The van der Waals surface area contributed by atoms with Gasteiger partial charge in [-0.15, -0.1) is 0 Å². The van der Waals surface area contributed by atoms with Gasteiger partial charge in [-0.2, -0.15) is 0 Å². The van der Waals surface area contributed by atoms with Crippen molar-refractivity contribution < 1.29 is 9.53 Å². The van der Waals surface area contributed by atoms with Gasteiger partial charge in [-0.05, 0) is 39.2 Å². The molecule has 2 atom stereocenters. The Morgan fingerprint density at radius 3 is 2.63 bits per heavy atom. The molecule has 2 aliphatic rings. The van der Waals surface area contributed by atoms with Crippen LogP contribution in [0.2, 0.25) is 0 Å². The van der Waals surface area contributed by atoms with Crippen molar-refractivity contribution in [2.24, 2.45) is 5.92 Å². The zero-order valence-corrected chi connectivity index (χ0v) is 11.8. The van der Waals surface area contributed by atoms with Crippen LogP contribution in [0, 0.1) is 5.92 Å². The van der Waals surface area contributed by atoms with Crippen LogP contribution in [0.25, 0.3) is 0 Å². The lowest BCUT2D eigenvalue weighted by Crippen LogP contribution is -2.78. The molecule has 0 N–H and O–H groups in total. The van der Waals surface area contributed by atoms with Crippen LogP contribution in [-0.4, -0.2) is 28.7 Å². The Bertz CT molecular complexity index is 497. The van der Waals surface area contributed by atoms with Crippen LogP contribution in [-0.2, 0) is 16.0 Å². The third kappa shape index (κ3) is 1.79. The summed E-state index contributed by atoms with van der Waals surface area (Å²) in [5.41, 5.74) is 0.734. The van der Waals surface area contributed by atoms with Gasteiger partial charge >= 0.3 is 0 Å². The van der Waals surface area contributed by atoms with Gasteiger partial charge in [0.05, 0.1) is 18.1 Å². The highest BCUT2D eigenvalue weighted by atomic mass is 16.5. The molecule has 0 aromatic heterocycles. The van der Waals surface area contributed by atoms with Crippen LogP contribution < -0.4 is 0 Å². The number of carbonyl (C=O) groups is 1. The second-order valence-electron chi connectivity index (χ2n) is 6.32. The highest BCUT2D eigenvalue weighted by molar-refractivity contribution is 5.88. The quantitative estimate of drug-likeness (QED) is 0.764. The third-order valence-electron chi connectivity index (χ3n) is 4.66. The Morgan fingerprint density at radius 1 is 1.26 bits per heavy atom. The molecule has 1 aromatic rings. The van der Waals surface area contributed by atoms with Gasteiger partial charge in [0.2, 0.25) is 5.91 Å². The Balaban J connectivity index is 1.84. The zero-order valence-electron chi connectivity index (χ0n) is 11.8. The lowest BCUT2D eigenvalue weighted by atomic mass is 9.67. The van der Waals surface area contributed by atoms with E-state index in [-0.39, 0.29) is 17.4 Å². The molecule has 2 saturated heterocycles. The Morgan fingerprint density at radius 2 is 1.95 bits per heavy atom. The minimum Gasteiger partial charge on any atom is -0.356 e. The minimum atomic E-state index is -0.461. The summed E-state index contributed by atoms with van der Waals surface area (Å²) in [6.07, 6.45) is 1.77. The van der Waals surface area contributed by atoms with Crippen LogP contribution in [0.4, 0.5) is 0 Å². The van der Waals surface area contributed by atoms with Gasteiger partial charge in [-0.25, -0.2) is 0 Å². The van der Waals surface area contributed by atoms with E-state index in [9.17, 15) is 4.79 Å². The Hall–Kier alpha value is -1.35. The molecule has 2 aliphatic heterocycles. The van der Waals surface area contributed by atoms with E-state index in [2.05, 4.69) is 19.1 Å². The predicted molar refractivity (Wildman–Crippen MR) is 73.5 cm³/mol. The van der Waals surface area contributed by atoms with Crippen molar-refractivity contribution >= 4 is 5.91 Å². The number of β-lactam (4-membered cyclic amide) rings is 1. The molecule has 3 nitrogen and oxygen atoms in total. The molecule has 0 spiro atoms. The molecule has 0 radical (unpaired) electrons. The molecule has 1 aromatic carbocycles. The fourth-order valence-electron chi connectivity index (χ4n) is 3.66. The number of hydrogen-bond donors (Lipinski definition) is 0. The first-order valence-electron chi connectivity index (χ1n) is 6.97. The summed E-state index contributed by atoms with van der Waals surface area (Å²) in [5.74, 6) is 0.328. The summed E-state index contributed by atoms with van der Waals surface area (Å²) in [5, 5.41) is 0. The van der Waals surface area contributed by atoms with E-state index in [1.807, 2.05) is 36.9 Å². The second kappa shape index (κ2) is 4.07. The summed E-state index contributed by atoms with van der Waals surface area (Å²) < 4.78 is 5.74. The summed E-state index contributed by atoms with van der Waals surface area (Å²) in [7, 11) is 0. The molecule has 0 aliphatic carbocycles. The van der Waals surface area contributed by atoms with E-state index < -0.39 is 5.72 Å². The number of benzene rings is 1. The minimum absolute atomic E-state index is 0.0469. The monoisotopic (exact) mass is 259 g/mol. The summed E-state index contributed by atoms with van der Waals surface area (Å²) >= 11 is 0. The number of amides is 1. The SMILES string of the molecule is CC1(C)OCCC2(C)C(Cc3ccccc3)C(=O)N12.